The number of halogens is 1. The number of amides is 1. The first-order valence-corrected chi connectivity index (χ1v) is 7.92. The van der Waals surface area contributed by atoms with Gasteiger partial charge in [0, 0.05) is 17.6 Å². The topological polar surface area (TPSA) is 47.6 Å². The monoisotopic (exact) mass is 333 g/mol. The van der Waals surface area contributed by atoms with Gasteiger partial charge in [0.2, 0.25) is 0 Å². The van der Waals surface area contributed by atoms with Gasteiger partial charge in [-0.1, -0.05) is 29.8 Å². The van der Waals surface area contributed by atoms with Gasteiger partial charge in [-0.3, -0.25) is 4.79 Å². The fraction of sp³-hybridized carbons (Fsp3) is 0.278. The molecule has 0 atom stereocenters. The van der Waals surface area contributed by atoms with Gasteiger partial charge in [0.15, 0.2) is 6.61 Å². The number of nitrogens with one attached hydrogen (secondary N) is 1. The van der Waals surface area contributed by atoms with E-state index in [2.05, 4.69) is 5.32 Å². The zero-order chi connectivity index (χ0) is 16.5. The summed E-state index contributed by atoms with van der Waals surface area (Å²) >= 11 is 5.92. The van der Waals surface area contributed by atoms with Crippen molar-refractivity contribution in [1.82, 2.24) is 5.32 Å². The zero-order valence-electron chi connectivity index (χ0n) is 13.0. The summed E-state index contributed by atoms with van der Waals surface area (Å²) in [4.78, 5) is 11.8. The normalized spacial score (nSPS) is 10.2. The number of ether oxygens (including phenoxy) is 2. The third kappa shape index (κ3) is 6.20. The van der Waals surface area contributed by atoms with Crippen LogP contribution in [0.5, 0.6) is 11.5 Å². The van der Waals surface area contributed by atoms with Crippen molar-refractivity contribution in [3.8, 4) is 11.5 Å². The molecule has 0 saturated carbocycles. The summed E-state index contributed by atoms with van der Waals surface area (Å²) in [6.45, 7) is 3.03. The molecule has 0 aliphatic rings. The maximum absolute atomic E-state index is 11.8. The first-order chi connectivity index (χ1) is 11.2. The molecule has 122 valence electrons. The third-order valence-electron chi connectivity index (χ3n) is 3.11. The zero-order valence-corrected chi connectivity index (χ0v) is 13.8. The summed E-state index contributed by atoms with van der Waals surface area (Å²) in [7, 11) is 0. The first-order valence-electron chi connectivity index (χ1n) is 7.54. The minimum absolute atomic E-state index is 0.0227. The van der Waals surface area contributed by atoms with Crippen molar-refractivity contribution in [2.45, 2.75) is 13.3 Å². The van der Waals surface area contributed by atoms with E-state index < -0.39 is 0 Å². The van der Waals surface area contributed by atoms with Gasteiger partial charge in [-0.2, -0.15) is 0 Å². The second kappa shape index (κ2) is 9.06. The van der Waals surface area contributed by atoms with E-state index in [0.717, 1.165) is 17.7 Å². The van der Waals surface area contributed by atoms with E-state index in [1.165, 1.54) is 0 Å². The van der Waals surface area contributed by atoms with E-state index >= 15 is 0 Å². The molecule has 0 unspecified atom stereocenters. The van der Waals surface area contributed by atoms with Gasteiger partial charge >= 0.3 is 0 Å². The lowest BCUT2D eigenvalue weighted by molar-refractivity contribution is -0.123. The molecular weight excluding hydrogens is 314 g/mol. The average Bonchev–Trinajstić information content (AvgIpc) is 2.54. The van der Waals surface area contributed by atoms with Crippen molar-refractivity contribution in [2.75, 3.05) is 19.8 Å². The molecule has 0 saturated heterocycles. The maximum atomic E-state index is 11.8. The van der Waals surface area contributed by atoms with Crippen LogP contribution in [0.4, 0.5) is 0 Å². The molecule has 0 fully saturated rings. The smallest absolute Gasteiger partial charge is 0.257 e. The fourth-order valence-electron chi connectivity index (χ4n) is 2.06. The van der Waals surface area contributed by atoms with Crippen LogP contribution in [-0.2, 0) is 11.2 Å². The maximum Gasteiger partial charge on any atom is 0.257 e. The summed E-state index contributed by atoms with van der Waals surface area (Å²) in [5, 5.41) is 3.52. The van der Waals surface area contributed by atoms with E-state index in [4.69, 9.17) is 21.1 Å². The van der Waals surface area contributed by atoms with Gasteiger partial charge in [-0.25, -0.2) is 0 Å². The first kappa shape index (κ1) is 17.2. The number of carbonyl (C=O) groups is 1. The number of carbonyl (C=O) groups excluding carboxylic acids is 1. The Labute approximate surface area is 141 Å². The summed E-state index contributed by atoms with van der Waals surface area (Å²) in [6.07, 6.45) is 0.728. The molecule has 2 aromatic rings. The second-order valence-electron chi connectivity index (χ2n) is 4.93. The van der Waals surface area contributed by atoms with Crippen LogP contribution in [0.1, 0.15) is 12.5 Å². The van der Waals surface area contributed by atoms with Gasteiger partial charge in [-0.05, 0) is 43.2 Å². The lowest BCUT2D eigenvalue weighted by Gasteiger charge is -2.09. The highest BCUT2D eigenvalue weighted by Gasteiger charge is 2.04. The van der Waals surface area contributed by atoms with E-state index in [1.807, 2.05) is 43.3 Å². The Morgan fingerprint density at radius 1 is 1.09 bits per heavy atom. The molecule has 4 nitrogen and oxygen atoms in total. The van der Waals surface area contributed by atoms with Crippen molar-refractivity contribution in [2.24, 2.45) is 0 Å². The Kier molecular flexibility index (Phi) is 6.76. The quantitative estimate of drug-likeness (QED) is 0.804. The standard InChI is InChI=1S/C18H20ClNO3/c1-2-22-16-7-4-8-17(12-16)23-13-18(21)20-10-9-14-5-3-6-15(19)11-14/h3-8,11-12H,2,9-10,13H2,1H3,(H,20,21). The molecule has 5 heteroatoms. The minimum Gasteiger partial charge on any atom is -0.494 e. The van der Waals surface area contributed by atoms with Crippen LogP contribution in [0.25, 0.3) is 0 Å². The SMILES string of the molecule is CCOc1cccc(OCC(=O)NCCc2cccc(Cl)c2)c1. The van der Waals surface area contributed by atoms with E-state index in [9.17, 15) is 4.79 Å². The van der Waals surface area contributed by atoms with Crippen LogP contribution in [0.15, 0.2) is 48.5 Å². The van der Waals surface area contributed by atoms with Gasteiger partial charge in [0.1, 0.15) is 11.5 Å². The molecule has 0 heterocycles. The van der Waals surface area contributed by atoms with Crippen LogP contribution in [0.3, 0.4) is 0 Å². The molecule has 2 rings (SSSR count). The van der Waals surface area contributed by atoms with Crippen molar-refractivity contribution in [3.05, 3.63) is 59.1 Å². The Hall–Kier alpha value is -2.20. The number of hydrogen-bond donors (Lipinski definition) is 1. The van der Waals surface area contributed by atoms with Gasteiger partial charge in [-0.15, -0.1) is 0 Å². The molecule has 0 radical (unpaired) electrons. The fourth-order valence-corrected chi connectivity index (χ4v) is 2.27. The molecule has 0 bridgehead atoms. The summed E-state index contributed by atoms with van der Waals surface area (Å²) in [5.41, 5.74) is 1.09. The number of rotatable bonds is 8. The van der Waals surface area contributed by atoms with Gasteiger partial charge in [0.25, 0.3) is 5.91 Å². The number of benzene rings is 2. The molecular formula is C18H20ClNO3. The highest BCUT2D eigenvalue weighted by Crippen LogP contribution is 2.19. The Bertz CT molecular complexity index is 646. The third-order valence-corrected chi connectivity index (χ3v) is 3.35. The number of hydrogen-bond acceptors (Lipinski definition) is 3. The lowest BCUT2D eigenvalue weighted by atomic mass is 10.1. The van der Waals surface area contributed by atoms with Crippen molar-refractivity contribution in [3.63, 3.8) is 0 Å². The van der Waals surface area contributed by atoms with E-state index in [1.54, 1.807) is 12.1 Å². The highest BCUT2D eigenvalue weighted by molar-refractivity contribution is 6.30. The Morgan fingerprint density at radius 2 is 1.83 bits per heavy atom. The largest absolute Gasteiger partial charge is 0.494 e. The van der Waals surface area contributed by atoms with Gasteiger partial charge < -0.3 is 14.8 Å². The molecule has 1 N–H and O–H groups in total. The van der Waals surface area contributed by atoms with Crippen LogP contribution >= 0.6 is 11.6 Å². The molecule has 0 aromatic heterocycles. The van der Waals surface area contributed by atoms with E-state index in [0.29, 0.717) is 23.9 Å². The minimum atomic E-state index is -0.158. The van der Waals surface area contributed by atoms with Crippen LogP contribution < -0.4 is 14.8 Å². The van der Waals surface area contributed by atoms with E-state index in [-0.39, 0.29) is 12.5 Å². The van der Waals surface area contributed by atoms with Gasteiger partial charge in [0.05, 0.1) is 6.61 Å². The summed E-state index contributed by atoms with van der Waals surface area (Å²) < 4.78 is 10.8. The van der Waals surface area contributed by atoms with Crippen molar-refractivity contribution < 1.29 is 14.3 Å². The average molecular weight is 334 g/mol. The highest BCUT2D eigenvalue weighted by atomic mass is 35.5. The predicted octanol–water partition coefficient (Wildman–Crippen LogP) is 3.48. The Morgan fingerprint density at radius 3 is 2.57 bits per heavy atom. The summed E-state index contributed by atoms with van der Waals surface area (Å²) in [5.74, 6) is 1.18. The van der Waals surface area contributed by atoms with Crippen LogP contribution in [0.2, 0.25) is 5.02 Å². The second-order valence-corrected chi connectivity index (χ2v) is 5.36. The summed E-state index contributed by atoms with van der Waals surface area (Å²) in [6, 6.07) is 14.8. The molecule has 0 aliphatic carbocycles. The Balaban J connectivity index is 1.71. The molecule has 2 aromatic carbocycles. The van der Waals surface area contributed by atoms with Crippen LogP contribution in [-0.4, -0.2) is 25.7 Å². The van der Waals surface area contributed by atoms with Crippen LogP contribution in [0, 0.1) is 0 Å². The van der Waals surface area contributed by atoms with Crippen molar-refractivity contribution in [1.29, 1.82) is 0 Å². The molecule has 0 spiro atoms. The molecule has 0 aliphatic heterocycles. The van der Waals surface area contributed by atoms with Crippen molar-refractivity contribution >= 4 is 17.5 Å². The molecule has 23 heavy (non-hydrogen) atoms. The molecule has 1 amide bonds. The lowest BCUT2D eigenvalue weighted by Crippen LogP contribution is -2.30. The predicted molar refractivity (Wildman–Crippen MR) is 91.3 cm³/mol.